The highest BCUT2D eigenvalue weighted by Gasteiger charge is 2.35. The molecule has 21 heavy (non-hydrogen) atoms. The molecular formula is C14H22N2O4S. The Morgan fingerprint density at radius 2 is 1.95 bits per heavy atom. The molecule has 6 nitrogen and oxygen atoms in total. The summed E-state index contributed by atoms with van der Waals surface area (Å²) in [5, 5.41) is 10.5. The molecule has 0 radical (unpaired) electrons. The van der Waals surface area contributed by atoms with Gasteiger partial charge in [-0.1, -0.05) is 18.2 Å². The molecule has 2 rings (SSSR count). The molecule has 0 aliphatic carbocycles. The van der Waals surface area contributed by atoms with Gasteiger partial charge in [0.2, 0.25) is 10.0 Å². The molecule has 0 bridgehead atoms. The highest BCUT2D eigenvalue weighted by molar-refractivity contribution is 7.89. The number of ether oxygens (including phenoxy) is 1. The summed E-state index contributed by atoms with van der Waals surface area (Å²) in [5.41, 5.74) is 5.15. The summed E-state index contributed by atoms with van der Waals surface area (Å²) in [5.74, 6) is 0. The van der Waals surface area contributed by atoms with Crippen molar-refractivity contribution in [1.29, 1.82) is 0 Å². The SMILES string of the molecule is CN(CC1(O)CCOCC1)S(=O)(=O)c1ccccc1CN. The van der Waals surface area contributed by atoms with Crippen molar-refractivity contribution in [3.63, 3.8) is 0 Å². The molecule has 0 unspecified atom stereocenters. The number of rotatable bonds is 5. The second-order valence-electron chi connectivity index (χ2n) is 5.41. The number of likely N-dealkylation sites (N-methyl/N-ethyl adjacent to an activating group) is 1. The molecule has 1 aromatic carbocycles. The first kappa shape index (κ1) is 16.4. The Morgan fingerprint density at radius 1 is 1.33 bits per heavy atom. The second-order valence-corrected chi connectivity index (χ2v) is 7.42. The maximum Gasteiger partial charge on any atom is 0.243 e. The van der Waals surface area contributed by atoms with Crippen molar-refractivity contribution in [1.82, 2.24) is 4.31 Å². The molecule has 0 aromatic heterocycles. The summed E-state index contributed by atoms with van der Waals surface area (Å²) in [6.07, 6.45) is 0.872. The zero-order valence-corrected chi connectivity index (χ0v) is 13.0. The molecule has 7 heteroatoms. The van der Waals surface area contributed by atoms with Gasteiger partial charge in [0, 0.05) is 46.2 Å². The summed E-state index contributed by atoms with van der Waals surface area (Å²) in [6.45, 7) is 1.10. The van der Waals surface area contributed by atoms with Crippen LogP contribution in [0.5, 0.6) is 0 Å². The molecule has 0 spiro atoms. The van der Waals surface area contributed by atoms with Crippen LogP contribution in [-0.4, -0.2) is 50.2 Å². The molecule has 1 fully saturated rings. The lowest BCUT2D eigenvalue weighted by molar-refractivity contribution is -0.0689. The summed E-state index contributed by atoms with van der Waals surface area (Å²) in [4.78, 5) is 0.200. The molecule has 1 heterocycles. The van der Waals surface area contributed by atoms with Crippen LogP contribution in [-0.2, 0) is 21.3 Å². The molecule has 3 N–H and O–H groups in total. The normalized spacial score (nSPS) is 18.9. The van der Waals surface area contributed by atoms with E-state index in [-0.39, 0.29) is 18.0 Å². The van der Waals surface area contributed by atoms with Crippen molar-refractivity contribution in [2.24, 2.45) is 5.73 Å². The van der Waals surface area contributed by atoms with Crippen LogP contribution in [0.2, 0.25) is 0 Å². The largest absolute Gasteiger partial charge is 0.388 e. The zero-order valence-electron chi connectivity index (χ0n) is 12.2. The fourth-order valence-electron chi connectivity index (χ4n) is 2.50. The molecule has 0 saturated carbocycles. The maximum absolute atomic E-state index is 12.7. The predicted molar refractivity (Wildman–Crippen MR) is 79.2 cm³/mol. The van der Waals surface area contributed by atoms with Crippen molar-refractivity contribution in [2.45, 2.75) is 29.9 Å². The van der Waals surface area contributed by atoms with E-state index in [0.717, 1.165) is 0 Å². The first-order valence-corrected chi connectivity index (χ1v) is 8.37. The van der Waals surface area contributed by atoms with Crippen LogP contribution in [0.4, 0.5) is 0 Å². The van der Waals surface area contributed by atoms with Gasteiger partial charge in [0.15, 0.2) is 0 Å². The van der Waals surface area contributed by atoms with E-state index in [9.17, 15) is 13.5 Å². The van der Waals surface area contributed by atoms with Crippen LogP contribution in [0.15, 0.2) is 29.2 Å². The van der Waals surface area contributed by atoms with Crippen molar-refractivity contribution in [3.8, 4) is 0 Å². The van der Waals surface area contributed by atoms with E-state index in [0.29, 0.717) is 31.6 Å². The maximum atomic E-state index is 12.7. The number of nitrogens with zero attached hydrogens (tertiary/aromatic N) is 1. The van der Waals surface area contributed by atoms with E-state index in [4.69, 9.17) is 10.5 Å². The van der Waals surface area contributed by atoms with Crippen LogP contribution < -0.4 is 5.73 Å². The molecule has 1 aliphatic rings. The number of hydrogen-bond acceptors (Lipinski definition) is 5. The van der Waals surface area contributed by atoms with Crippen molar-refractivity contribution in [3.05, 3.63) is 29.8 Å². The minimum atomic E-state index is -3.67. The van der Waals surface area contributed by atoms with Gasteiger partial charge in [0.05, 0.1) is 10.5 Å². The van der Waals surface area contributed by atoms with Gasteiger partial charge >= 0.3 is 0 Å². The van der Waals surface area contributed by atoms with E-state index in [1.807, 2.05) is 0 Å². The lowest BCUT2D eigenvalue weighted by atomic mass is 9.95. The first-order chi connectivity index (χ1) is 9.89. The first-order valence-electron chi connectivity index (χ1n) is 6.93. The van der Waals surface area contributed by atoms with Gasteiger partial charge in [0.1, 0.15) is 0 Å². The number of nitrogens with two attached hydrogens (primary N) is 1. The Balaban J connectivity index is 2.22. The van der Waals surface area contributed by atoms with Crippen LogP contribution in [0.3, 0.4) is 0 Å². The van der Waals surface area contributed by atoms with Gasteiger partial charge in [-0.15, -0.1) is 0 Å². The fraction of sp³-hybridized carbons (Fsp3) is 0.571. The van der Waals surface area contributed by atoms with Crippen LogP contribution in [0.25, 0.3) is 0 Å². The molecule has 118 valence electrons. The molecule has 1 saturated heterocycles. The van der Waals surface area contributed by atoms with Gasteiger partial charge in [0.25, 0.3) is 0 Å². The van der Waals surface area contributed by atoms with Gasteiger partial charge < -0.3 is 15.6 Å². The van der Waals surface area contributed by atoms with Crippen molar-refractivity contribution < 1.29 is 18.3 Å². The molecular weight excluding hydrogens is 292 g/mol. The Bertz CT molecular complexity index is 582. The van der Waals surface area contributed by atoms with Gasteiger partial charge in [-0.3, -0.25) is 0 Å². The minimum absolute atomic E-state index is 0.0532. The zero-order chi connectivity index (χ0) is 15.5. The molecule has 1 aromatic rings. The Hall–Kier alpha value is -0.990. The Labute approximate surface area is 125 Å². The summed E-state index contributed by atoms with van der Waals surface area (Å²) >= 11 is 0. The van der Waals surface area contributed by atoms with Gasteiger partial charge in [-0.05, 0) is 11.6 Å². The topological polar surface area (TPSA) is 92.9 Å². The van der Waals surface area contributed by atoms with Crippen molar-refractivity contribution >= 4 is 10.0 Å². The van der Waals surface area contributed by atoms with Crippen LogP contribution in [0, 0.1) is 0 Å². The quantitative estimate of drug-likeness (QED) is 0.816. The van der Waals surface area contributed by atoms with E-state index >= 15 is 0 Å². The minimum Gasteiger partial charge on any atom is -0.388 e. The highest BCUT2D eigenvalue weighted by atomic mass is 32.2. The molecule has 0 atom stereocenters. The smallest absolute Gasteiger partial charge is 0.243 e. The summed E-state index contributed by atoms with van der Waals surface area (Å²) in [7, 11) is -2.18. The third kappa shape index (κ3) is 3.61. The predicted octanol–water partition coefficient (Wildman–Crippen LogP) is 0.307. The Kier molecular flexibility index (Phi) is 5.00. The average Bonchev–Trinajstić information content (AvgIpc) is 2.47. The lowest BCUT2D eigenvalue weighted by Gasteiger charge is -2.35. The van der Waals surface area contributed by atoms with Crippen molar-refractivity contribution in [2.75, 3.05) is 26.8 Å². The van der Waals surface area contributed by atoms with Crippen LogP contribution >= 0.6 is 0 Å². The van der Waals surface area contributed by atoms with E-state index < -0.39 is 15.6 Å². The monoisotopic (exact) mass is 314 g/mol. The lowest BCUT2D eigenvalue weighted by Crippen LogP contribution is -2.47. The van der Waals surface area contributed by atoms with E-state index in [1.165, 1.54) is 11.4 Å². The number of sulfonamides is 1. The molecule has 1 aliphatic heterocycles. The van der Waals surface area contributed by atoms with Gasteiger partial charge in [-0.2, -0.15) is 4.31 Å². The van der Waals surface area contributed by atoms with E-state index in [2.05, 4.69) is 0 Å². The number of benzene rings is 1. The standard InChI is InChI=1S/C14H22N2O4S/c1-16(11-14(17)6-8-20-9-7-14)21(18,19)13-5-3-2-4-12(13)10-15/h2-5,17H,6-11,15H2,1H3. The number of aliphatic hydroxyl groups is 1. The summed E-state index contributed by atoms with van der Waals surface area (Å²) < 4.78 is 31.7. The third-order valence-electron chi connectivity index (χ3n) is 3.82. The second kappa shape index (κ2) is 6.41. The summed E-state index contributed by atoms with van der Waals surface area (Å²) in [6, 6.07) is 6.67. The number of hydrogen-bond donors (Lipinski definition) is 2. The third-order valence-corrected chi connectivity index (χ3v) is 5.73. The highest BCUT2D eigenvalue weighted by Crippen LogP contribution is 2.25. The molecule has 0 amide bonds. The fourth-order valence-corrected chi connectivity index (χ4v) is 3.98. The Morgan fingerprint density at radius 3 is 2.57 bits per heavy atom. The van der Waals surface area contributed by atoms with E-state index in [1.54, 1.807) is 24.3 Å². The van der Waals surface area contributed by atoms with Gasteiger partial charge in [-0.25, -0.2) is 8.42 Å². The average molecular weight is 314 g/mol. The van der Waals surface area contributed by atoms with Crippen LogP contribution in [0.1, 0.15) is 18.4 Å².